The number of amides is 1. The second-order valence-corrected chi connectivity index (χ2v) is 7.97. The van der Waals surface area contributed by atoms with Gasteiger partial charge in [-0.2, -0.15) is 0 Å². The van der Waals surface area contributed by atoms with E-state index in [1.807, 2.05) is 20.8 Å². The van der Waals surface area contributed by atoms with Gasteiger partial charge in [-0.05, 0) is 55.3 Å². The van der Waals surface area contributed by atoms with Gasteiger partial charge in [-0.1, -0.05) is 25.4 Å². The van der Waals surface area contributed by atoms with Crippen LogP contribution in [0.3, 0.4) is 0 Å². The number of aromatic nitrogens is 2. The van der Waals surface area contributed by atoms with Crippen molar-refractivity contribution in [3.8, 4) is 0 Å². The van der Waals surface area contributed by atoms with E-state index in [1.54, 1.807) is 30.1 Å². The molecule has 3 rings (SSSR count). The van der Waals surface area contributed by atoms with Gasteiger partial charge in [0.05, 0.1) is 16.9 Å². The Morgan fingerprint density at radius 3 is 2.45 bits per heavy atom. The minimum atomic E-state index is -0.476. The third-order valence-corrected chi connectivity index (χ3v) is 5.06. The van der Waals surface area contributed by atoms with Gasteiger partial charge in [0.2, 0.25) is 0 Å². The van der Waals surface area contributed by atoms with Crippen LogP contribution in [0.5, 0.6) is 0 Å². The van der Waals surface area contributed by atoms with E-state index in [4.69, 9.17) is 11.6 Å². The molecule has 1 atom stereocenters. The first-order chi connectivity index (χ1) is 13.7. The van der Waals surface area contributed by atoms with Gasteiger partial charge in [0.25, 0.3) is 11.5 Å². The smallest absolute Gasteiger partial charge is 0.261 e. The Bertz CT molecular complexity index is 1110. The van der Waals surface area contributed by atoms with Crippen LogP contribution in [0.1, 0.15) is 43.0 Å². The van der Waals surface area contributed by atoms with E-state index in [9.17, 15) is 14.0 Å². The van der Waals surface area contributed by atoms with E-state index in [-0.39, 0.29) is 17.4 Å². The van der Waals surface area contributed by atoms with Gasteiger partial charge in [-0.25, -0.2) is 9.37 Å². The molecular weight excluding hydrogens is 393 g/mol. The highest BCUT2D eigenvalue weighted by molar-refractivity contribution is 6.31. The molecule has 0 aliphatic carbocycles. The zero-order chi connectivity index (χ0) is 21.3. The molecule has 0 spiro atoms. The van der Waals surface area contributed by atoms with Gasteiger partial charge in [0.15, 0.2) is 0 Å². The van der Waals surface area contributed by atoms with Crippen LogP contribution in [0.2, 0.25) is 5.02 Å². The number of carbonyl (C=O) groups is 1. The Labute approximate surface area is 173 Å². The molecule has 1 heterocycles. The third-order valence-electron chi connectivity index (χ3n) is 4.83. The number of nitrogens with zero attached hydrogens (tertiary/aromatic N) is 3. The summed E-state index contributed by atoms with van der Waals surface area (Å²) in [5.41, 5.74) is 0.668. The molecule has 0 N–H and O–H groups in total. The van der Waals surface area contributed by atoms with Gasteiger partial charge in [-0.3, -0.25) is 14.2 Å². The van der Waals surface area contributed by atoms with Crippen molar-refractivity contribution in [3.63, 3.8) is 0 Å². The maximum atomic E-state index is 13.3. The summed E-state index contributed by atoms with van der Waals surface area (Å²) in [6.07, 6.45) is 0. The predicted octanol–water partition coefficient (Wildman–Crippen LogP) is 4.59. The fourth-order valence-corrected chi connectivity index (χ4v) is 3.51. The van der Waals surface area contributed by atoms with Crippen LogP contribution in [0.4, 0.5) is 4.39 Å². The first-order valence-corrected chi connectivity index (χ1v) is 9.79. The molecule has 0 aliphatic rings. The molecule has 1 amide bonds. The highest BCUT2D eigenvalue weighted by atomic mass is 35.5. The predicted molar refractivity (Wildman–Crippen MR) is 113 cm³/mol. The van der Waals surface area contributed by atoms with Crippen LogP contribution in [0.15, 0.2) is 47.3 Å². The van der Waals surface area contributed by atoms with Crippen molar-refractivity contribution in [2.24, 2.45) is 13.0 Å². The lowest BCUT2D eigenvalue weighted by atomic mass is 10.1. The minimum absolute atomic E-state index is 0.189. The molecule has 7 heteroatoms. The monoisotopic (exact) mass is 415 g/mol. The quantitative estimate of drug-likeness (QED) is 0.612. The van der Waals surface area contributed by atoms with E-state index < -0.39 is 11.9 Å². The van der Waals surface area contributed by atoms with Crippen LogP contribution in [-0.4, -0.2) is 26.9 Å². The van der Waals surface area contributed by atoms with Gasteiger partial charge in [-0.15, -0.1) is 0 Å². The van der Waals surface area contributed by atoms with Crippen LogP contribution in [0.25, 0.3) is 10.9 Å². The maximum absolute atomic E-state index is 13.3. The molecule has 3 aromatic rings. The summed E-state index contributed by atoms with van der Waals surface area (Å²) < 4.78 is 14.7. The van der Waals surface area contributed by atoms with Crippen molar-refractivity contribution in [2.75, 3.05) is 6.54 Å². The fraction of sp³-hybridized carbons (Fsp3) is 0.318. The molecule has 0 fully saturated rings. The highest BCUT2D eigenvalue weighted by Gasteiger charge is 2.27. The average Bonchev–Trinajstić information content (AvgIpc) is 2.68. The molecule has 0 saturated carbocycles. The van der Waals surface area contributed by atoms with E-state index in [2.05, 4.69) is 4.98 Å². The van der Waals surface area contributed by atoms with E-state index >= 15 is 0 Å². The maximum Gasteiger partial charge on any atom is 0.261 e. The molecule has 0 radical (unpaired) electrons. The number of halogens is 2. The van der Waals surface area contributed by atoms with Crippen molar-refractivity contribution in [1.82, 2.24) is 14.5 Å². The SMILES string of the molecule is CC(C)CN(C(=O)c1ccc(F)cc1)C(C)c1nc2cc(Cl)ccc2c(=O)n1C. The zero-order valence-corrected chi connectivity index (χ0v) is 17.6. The van der Waals surface area contributed by atoms with Crippen LogP contribution in [0, 0.1) is 11.7 Å². The Hall–Kier alpha value is -2.73. The molecule has 2 aromatic carbocycles. The van der Waals surface area contributed by atoms with Crippen LogP contribution < -0.4 is 5.56 Å². The van der Waals surface area contributed by atoms with Gasteiger partial charge in [0.1, 0.15) is 11.6 Å². The van der Waals surface area contributed by atoms with Gasteiger partial charge >= 0.3 is 0 Å². The number of carbonyl (C=O) groups excluding carboxylic acids is 1. The fourth-order valence-electron chi connectivity index (χ4n) is 3.34. The number of rotatable bonds is 5. The summed E-state index contributed by atoms with van der Waals surface area (Å²) in [7, 11) is 1.64. The molecule has 0 saturated heterocycles. The summed E-state index contributed by atoms with van der Waals surface area (Å²) in [5.74, 6) is 0.00164. The molecule has 152 valence electrons. The molecule has 0 aliphatic heterocycles. The summed E-state index contributed by atoms with van der Waals surface area (Å²) in [6, 6.07) is 9.92. The first kappa shape index (κ1) is 21.0. The van der Waals surface area contributed by atoms with Crippen molar-refractivity contribution >= 4 is 28.4 Å². The lowest BCUT2D eigenvalue weighted by Gasteiger charge is -2.31. The molecule has 1 unspecified atom stereocenters. The van der Waals surface area contributed by atoms with Crippen molar-refractivity contribution in [3.05, 3.63) is 75.0 Å². The topological polar surface area (TPSA) is 55.2 Å². The lowest BCUT2D eigenvalue weighted by molar-refractivity contribution is 0.0654. The first-order valence-electron chi connectivity index (χ1n) is 9.41. The number of hydrogen-bond donors (Lipinski definition) is 0. The van der Waals surface area contributed by atoms with E-state index in [0.717, 1.165) is 0 Å². The second kappa shape index (κ2) is 8.33. The molecular formula is C22H23ClFN3O2. The second-order valence-electron chi connectivity index (χ2n) is 7.53. The van der Waals surface area contributed by atoms with Gasteiger partial charge < -0.3 is 4.90 Å². The summed E-state index contributed by atoms with van der Waals surface area (Å²) in [6.45, 7) is 6.30. The molecule has 5 nitrogen and oxygen atoms in total. The Balaban J connectivity index is 2.09. The van der Waals surface area contributed by atoms with Crippen molar-refractivity contribution in [2.45, 2.75) is 26.8 Å². The molecule has 1 aromatic heterocycles. The minimum Gasteiger partial charge on any atom is -0.328 e. The largest absolute Gasteiger partial charge is 0.328 e. The lowest BCUT2D eigenvalue weighted by Crippen LogP contribution is -2.39. The normalized spacial score (nSPS) is 12.4. The number of fused-ring (bicyclic) bond motifs is 1. The third kappa shape index (κ3) is 4.32. The summed E-state index contributed by atoms with van der Waals surface area (Å²) in [5, 5.41) is 0.950. The Morgan fingerprint density at radius 2 is 1.83 bits per heavy atom. The Morgan fingerprint density at radius 1 is 1.17 bits per heavy atom. The molecule has 0 bridgehead atoms. The van der Waals surface area contributed by atoms with Crippen molar-refractivity contribution in [1.29, 1.82) is 0 Å². The van der Waals surface area contributed by atoms with Crippen molar-refractivity contribution < 1.29 is 9.18 Å². The zero-order valence-electron chi connectivity index (χ0n) is 16.8. The summed E-state index contributed by atoms with van der Waals surface area (Å²) >= 11 is 6.07. The van der Waals surface area contributed by atoms with E-state index in [0.29, 0.717) is 33.9 Å². The summed E-state index contributed by atoms with van der Waals surface area (Å²) in [4.78, 5) is 32.3. The standard InChI is InChI=1S/C22H23ClFN3O2/c1-13(2)12-27(21(28)15-5-8-17(24)9-6-15)14(3)20-25-19-11-16(23)7-10-18(19)22(29)26(20)4/h5-11,13-14H,12H2,1-4H3. The van der Waals surface area contributed by atoms with Gasteiger partial charge in [0, 0.05) is 24.2 Å². The van der Waals surface area contributed by atoms with Crippen LogP contribution in [-0.2, 0) is 7.05 Å². The average molecular weight is 416 g/mol. The van der Waals surface area contributed by atoms with Crippen LogP contribution >= 0.6 is 11.6 Å². The van der Waals surface area contributed by atoms with E-state index in [1.165, 1.54) is 28.8 Å². The highest BCUT2D eigenvalue weighted by Crippen LogP contribution is 2.24. The number of hydrogen-bond acceptors (Lipinski definition) is 3. The Kier molecular flexibility index (Phi) is 6.03. The molecule has 29 heavy (non-hydrogen) atoms. The number of benzene rings is 2.